The molecule has 2 unspecified atom stereocenters. The maximum absolute atomic E-state index is 11.8. The maximum atomic E-state index is 11.8. The number of β-amino-alcohol motifs (C(OH)–C–C–N with tert-alkyl or cyclic N) is 1. The van der Waals surface area contributed by atoms with Gasteiger partial charge in [-0.1, -0.05) is 24.3 Å². The second-order valence-corrected chi connectivity index (χ2v) is 7.28. The first-order valence-electron chi connectivity index (χ1n) is 9.57. The number of carbonyl (C=O) groups excluding carboxylic acids is 1. The highest BCUT2D eigenvalue weighted by atomic mass is 16.3. The van der Waals surface area contributed by atoms with Gasteiger partial charge in [-0.3, -0.25) is 9.69 Å². The molecule has 0 saturated carbocycles. The van der Waals surface area contributed by atoms with Crippen LogP contribution in [0.25, 0.3) is 0 Å². The van der Waals surface area contributed by atoms with Crippen LogP contribution in [-0.4, -0.2) is 64.8 Å². The van der Waals surface area contributed by atoms with Crippen molar-refractivity contribution in [3.8, 4) is 0 Å². The number of aliphatic hydroxyl groups is 2. The predicted molar refractivity (Wildman–Crippen MR) is 97.2 cm³/mol. The lowest BCUT2D eigenvalue weighted by Crippen LogP contribution is -2.43. The first-order chi connectivity index (χ1) is 12.2. The van der Waals surface area contributed by atoms with E-state index in [-0.39, 0.29) is 12.5 Å². The Balaban J connectivity index is 1.68. The number of carbonyl (C=O) groups is 1. The minimum absolute atomic E-state index is 0.156. The van der Waals surface area contributed by atoms with E-state index >= 15 is 0 Å². The summed E-state index contributed by atoms with van der Waals surface area (Å²) in [6, 6.07) is 8.86. The van der Waals surface area contributed by atoms with E-state index in [0.29, 0.717) is 32.0 Å². The fourth-order valence-electron chi connectivity index (χ4n) is 4.24. The van der Waals surface area contributed by atoms with Crippen LogP contribution in [0.4, 0.5) is 0 Å². The molecule has 1 aliphatic carbocycles. The van der Waals surface area contributed by atoms with Crippen molar-refractivity contribution in [2.45, 2.75) is 50.7 Å². The van der Waals surface area contributed by atoms with Crippen molar-refractivity contribution in [2.24, 2.45) is 0 Å². The van der Waals surface area contributed by atoms with Crippen molar-refractivity contribution in [3.05, 3.63) is 35.4 Å². The largest absolute Gasteiger partial charge is 0.396 e. The van der Waals surface area contributed by atoms with Crippen LogP contribution in [0, 0.1) is 0 Å². The van der Waals surface area contributed by atoms with Crippen molar-refractivity contribution < 1.29 is 15.0 Å². The summed E-state index contributed by atoms with van der Waals surface area (Å²) >= 11 is 0. The first-order valence-corrected chi connectivity index (χ1v) is 9.57. The van der Waals surface area contributed by atoms with Gasteiger partial charge in [0.15, 0.2) is 0 Å². The smallest absolute Gasteiger partial charge is 0.222 e. The number of hydrogen-bond donors (Lipinski definition) is 2. The molecule has 5 heteroatoms. The summed E-state index contributed by atoms with van der Waals surface area (Å²) in [5.41, 5.74) is 2.76. The van der Waals surface area contributed by atoms with E-state index in [1.54, 1.807) is 4.90 Å². The number of nitrogens with zero attached hydrogens (tertiary/aromatic N) is 2. The molecule has 0 spiro atoms. The highest BCUT2D eigenvalue weighted by Crippen LogP contribution is 2.34. The fraction of sp³-hybridized carbons (Fsp3) is 0.650. The Bertz CT molecular complexity index is 578. The summed E-state index contributed by atoms with van der Waals surface area (Å²) in [7, 11) is 0. The first kappa shape index (κ1) is 18.4. The normalized spacial score (nSPS) is 21.6. The summed E-state index contributed by atoms with van der Waals surface area (Å²) in [6.07, 6.45) is 5.01. The Morgan fingerprint density at radius 1 is 1.24 bits per heavy atom. The second kappa shape index (κ2) is 8.79. The molecule has 1 aromatic rings. The zero-order chi connectivity index (χ0) is 17.6. The van der Waals surface area contributed by atoms with Crippen molar-refractivity contribution in [3.63, 3.8) is 0 Å². The van der Waals surface area contributed by atoms with Gasteiger partial charge in [0.1, 0.15) is 0 Å². The molecule has 0 radical (unpaired) electrons. The van der Waals surface area contributed by atoms with Gasteiger partial charge < -0.3 is 15.1 Å². The van der Waals surface area contributed by atoms with E-state index < -0.39 is 6.10 Å². The van der Waals surface area contributed by atoms with E-state index in [2.05, 4.69) is 29.2 Å². The van der Waals surface area contributed by atoms with Gasteiger partial charge in [0.05, 0.1) is 6.10 Å². The summed E-state index contributed by atoms with van der Waals surface area (Å²) in [5, 5.41) is 19.8. The third-order valence-electron chi connectivity index (χ3n) is 5.43. The molecule has 1 aliphatic heterocycles. The number of benzene rings is 1. The lowest BCUT2D eigenvalue weighted by Gasteiger charge is -2.37. The van der Waals surface area contributed by atoms with Gasteiger partial charge in [-0.05, 0) is 43.2 Å². The minimum atomic E-state index is -0.546. The molecule has 0 bridgehead atoms. The highest BCUT2D eigenvalue weighted by molar-refractivity contribution is 5.78. The summed E-state index contributed by atoms with van der Waals surface area (Å²) < 4.78 is 0. The fourth-order valence-corrected chi connectivity index (χ4v) is 4.24. The molecule has 1 aromatic carbocycles. The molecule has 3 rings (SSSR count). The van der Waals surface area contributed by atoms with Crippen molar-refractivity contribution in [1.29, 1.82) is 0 Å². The zero-order valence-electron chi connectivity index (χ0n) is 14.9. The molecule has 1 amide bonds. The van der Waals surface area contributed by atoms with Gasteiger partial charge in [-0.25, -0.2) is 0 Å². The monoisotopic (exact) mass is 346 g/mol. The minimum Gasteiger partial charge on any atom is -0.396 e. The van der Waals surface area contributed by atoms with E-state index in [1.165, 1.54) is 11.1 Å². The van der Waals surface area contributed by atoms with Crippen LogP contribution in [0.1, 0.15) is 49.3 Å². The maximum Gasteiger partial charge on any atom is 0.222 e. The van der Waals surface area contributed by atoms with E-state index in [9.17, 15) is 15.0 Å². The highest BCUT2D eigenvalue weighted by Gasteiger charge is 2.29. The quantitative estimate of drug-likeness (QED) is 0.752. The molecule has 5 nitrogen and oxygen atoms in total. The van der Waals surface area contributed by atoms with Gasteiger partial charge in [0.2, 0.25) is 5.91 Å². The molecule has 2 aliphatic rings. The van der Waals surface area contributed by atoms with Crippen molar-refractivity contribution in [1.82, 2.24) is 9.80 Å². The average Bonchev–Trinajstić information content (AvgIpc) is 3.03. The Hall–Kier alpha value is -1.43. The molecule has 25 heavy (non-hydrogen) atoms. The topological polar surface area (TPSA) is 64.0 Å². The molecule has 138 valence electrons. The summed E-state index contributed by atoms with van der Waals surface area (Å²) in [4.78, 5) is 15.9. The van der Waals surface area contributed by atoms with Gasteiger partial charge in [0, 0.05) is 45.2 Å². The molecular formula is C20H30N2O3. The van der Waals surface area contributed by atoms with E-state index in [0.717, 1.165) is 38.8 Å². The van der Waals surface area contributed by atoms with Crippen LogP contribution in [0.5, 0.6) is 0 Å². The van der Waals surface area contributed by atoms with Gasteiger partial charge in [-0.15, -0.1) is 0 Å². The number of aryl methyl sites for hydroxylation is 1. The van der Waals surface area contributed by atoms with Crippen LogP contribution in [-0.2, 0) is 11.2 Å². The van der Waals surface area contributed by atoms with E-state index in [4.69, 9.17) is 0 Å². The lowest BCUT2D eigenvalue weighted by molar-refractivity contribution is -0.129. The molecule has 1 fully saturated rings. The third-order valence-corrected chi connectivity index (χ3v) is 5.43. The third kappa shape index (κ3) is 4.60. The number of fused-ring (bicyclic) bond motifs is 1. The molecule has 2 N–H and O–H groups in total. The predicted octanol–water partition coefficient (Wildman–Crippen LogP) is 1.73. The van der Waals surface area contributed by atoms with Crippen LogP contribution in [0.15, 0.2) is 24.3 Å². The Morgan fingerprint density at radius 3 is 2.84 bits per heavy atom. The number of hydrogen-bond acceptors (Lipinski definition) is 4. The molecule has 1 saturated heterocycles. The summed E-state index contributed by atoms with van der Waals surface area (Å²) in [5.74, 6) is 0.156. The van der Waals surface area contributed by atoms with Crippen LogP contribution < -0.4 is 0 Å². The zero-order valence-corrected chi connectivity index (χ0v) is 14.9. The average molecular weight is 346 g/mol. The van der Waals surface area contributed by atoms with Gasteiger partial charge in [0.25, 0.3) is 0 Å². The standard InChI is InChI=1S/C20H30N2O3/c23-13-5-12-21(14-17(24)15-22-11-4-10-20(22)25)19-9-3-7-16-6-1-2-8-18(16)19/h1-2,6,8,17,19,23-24H,3-5,7,9-15H2. The lowest BCUT2D eigenvalue weighted by atomic mass is 9.86. The van der Waals surface area contributed by atoms with Crippen molar-refractivity contribution in [2.75, 3.05) is 32.8 Å². The number of likely N-dealkylation sites (tertiary alicyclic amines) is 1. The number of aliphatic hydroxyl groups excluding tert-OH is 2. The van der Waals surface area contributed by atoms with Crippen LogP contribution >= 0.6 is 0 Å². The Morgan fingerprint density at radius 2 is 2.08 bits per heavy atom. The Kier molecular flexibility index (Phi) is 6.45. The van der Waals surface area contributed by atoms with Gasteiger partial charge >= 0.3 is 0 Å². The molecule has 2 atom stereocenters. The van der Waals surface area contributed by atoms with Crippen molar-refractivity contribution >= 4 is 5.91 Å². The molecule has 1 heterocycles. The van der Waals surface area contributed by atoms with Crippen LogP contribution in [0.3, 0.4) is 0 Å². The summed E-state index contributed by atoms with van der Waals surface area (Å²) in [6.45, 7) is 2.65. The second-order valence-electron chi connectivity index (χ2n) is 7.28. The Labute approximate surface area is 150 Å². The SMILES string of the molecule is O=C1CCCN1CC(O)CN(CCCO)C1CCCc2ccccc21. The number of amides is 1. The number of rotatable bonds is 8. The van der Waals surface area contributed by atoms with Crippen LogP contribution in [0.2, 0.25) is 0 Å². The molecule has 0 aromatic heterocycles. The van der Waals surface area contributed by atoms with E-state index in [1.807, 2.05) is 0 Å². The van der Waals surface area contributed by atoms with Gasteiger partial charge in [-0.2, -0.15) is 0 Å². The molecular weight excluding hydrogens is 316 g/mol.